The molecule has 1 aromatic carbocycles. The Morgan fingerprint density at radius 2 is 2.00 bits per heavy atom. The SMILES string of the molecule is c1nc2c(-c3cn[nH]c3)ccc(-c3cnc(N4CCN[C@H](C5CC5)C4)nn3)c2s1. The van der Waals surface area contributed by atoms with Gasteiger partial charge in [0.05, 0.1) is 28.1 Å². The number of rotatable bonds is 4. The first-order valence-corrected chi connectivity index (χ1v) is 10.8. The Morgan fingerprint density at radius 1 is 1.07 bits per heavy atom. The first-order chi connectivity index (χ1) is 14.4. The minimum Gasteiger partial charge on any atom is -0.337 e. The number of hydrogen-bond acceptors (Lipinski definition) is 8. The number of piperazine rings is 1. The van der Waals surface area contributed by atoms with Crippen molar-refractivity contribution in [2.75, 3.05) is 24.5 Å². The highest BCUT2D eigenvalue weighted by Crippen LogP contribution is 2.36. The number of H-pyrrole nitrogens is 1. The van der Waals surface area contributed by atoms with Crippen molar-refractivity contribution in [2.24, 2.45) is 5.92 Å². The molecule has 0 amide bonds. The molecule has 0 radical (unpaired) electrons. The van der Waals surface area contributed by atoms with Crippen LogP contribution in [0.15, 0.2) is 36.2 Å². The third kappa shape index (κ3) is 3.06. The van der Waals surface area contributed by atoms with Crippen LogP contribution in [0, 0.1) is 5.92 Å². The quantitative estimate of drug-likeness (QED) is 0.540. The van der Waals surface area contributed by atoms with Gasteiger partial charge in [-0.2, -0.15) is 5.10 Å². The predicted molar refractivity (Wildman–Crippen MR) is 113 cm³/mol. The molecule has 8 nitrogen and oxygen atoms in total. The molecule has 9 heteroatoms. The number of aromatic amines is 1. The topological polar surface area (TPSA) is 95.5 Å². The van der Waals surface area contributed by atoms with Gasteiger partial charge in [-0.15, -0.1) is 21.5 Å². The summed E-state index contributed by atoms with van der Waals surface area (Å²) in [6.45, 7) is 2.86. The monoisotopic (exact) mass is 404 g/mol. The van der Waals surface area contributed by atoms with E-state index in [9.17, 15) is 0 Å². The Morgan fingerprint density at radius 3 is 2.79 bits per heavy atom. The molecule has 146 valence electrons. The van der Waals surface area contributed by atoms with E-state index in [1.807, 2.05) is 24.1 Å². The Hall–Kier alpha value is -2.91. The van der Waals surface area contributed by atoms with Crippen molar-refractivity contribution in [1.29, 1.82) is 0 Å². The summed E-state index contributed by atoms with van der Waals surface area (Å²) in [6.07, 6.45) is 8.20. The zero-order valence-corrected chi connectivity index (χ0v) is 16.6. The van der Waals surface area contributed by atoms with Crippen LogP contribution in [0.3, 0.4) is 0 Å². The average Bonchev–Trinajstić information content (AvgIpc) is 3.26. The lowest BCUT2D eigenvalue weighted by atomic mass is 10.0. The van der Waals surface area contributed by atoms with Crippen molar-refractivity contribution in [3.8, 4) is 22.4 Å². The van der Waals surface area contributed by atoms with Gasteiger partial charge in [-0.25, -0.2) is 9.97 Å². The van der Waals surface area contributed by atoms with Gasteiger partial charge in [-0.1, -0.05) is 12.1 Å². The highest BCUT2D eigenvalue weighted by atomic mass is 32.1. The number of fused-ring (bicyclic) bond motifs is 1. The number of anilines is 1. The molecule has 1 aliphatic carbocycles. The summed E-state index contributed by atoms with van der Waals surface area (Å²) in [7, 11) is 0. The summed E-state index contributed by atoms with van der Waals surface area (Å²) in [5, 5.41) is 19.5. The molecule has 3 aromatic heterocycles. The van der Waals surface area contributed by atoms with Crippen LogP contribution in [0.5, 0.6) is 0 Å². The molecule has 0 bridgehead atoms. The Kier molecular flexibility index (Phi) is 4.02. The van der Waals surface area contributed by atoms with Gasteiger partial charge < -0.3 is 10.2 Å². The molecule has 1 aliphatic heterocycles. The Labute approximate surface area is 171 Å². The first-order valence-electron chi connectivity index (χ1n) is 9.90. The van der Waals surface area contributed by atoms with Crippen LogP contribution >= 0.6 is 11.3 Å². The minimum absolute atomic E-state index is 0.555. The summed E-state index contributed by atoms with van der Waals surface area (Å²) in [5.41, 5.74) is 6.69. The third-order valence-electron chi connectivity index (χ3n) is 5.80. The minimum atomic E-state index is 0.555. The lowest BCUT2D eigenvalue weighted by molar-refractivity contribution is 0.414. The maximum atomic E-state index is 4.65. The summed E-state index contributed by atoms with van der Waals surface area (Å²) < 4.78 is 1.09. The lowest BCUT2D eigenvalue weighted by Crippen LogP contribution is -2.52. The van der Waals surface area contributed by atoms with Crippen molar-refractivity contribution in [2.45, 2.75) is 18.9 Å². The molecular formula is C20H20N8S. The molecule has 0 spiro atoms. The normalized spacial score (nSPS) is 19.7. The molecule has 6 rings (SSSR count). The van der Waals surface area contributed by atoms with Gasteiger partial charge in [-0.05, 0) is 18.8 Å². The van der Waals surface area contributed by atoms with Gasteiger partial charge in [0.1, 0.15) is 5.69 Å². The fourth-order valence-corrected chi connectivity index (χ4v) is 4.93. The number of hydrogen-bond donors (Lipinski definition) is 2. The number of aromatic nitrogens is 6. The van der Waals surface area contributed by atoms with Crippen LogP contribution in [-0.4, -0.2) is 56.0 Å². The van der Waals surface area contributed by atoms with Crippen molar-refractivity contribution < 1.29 is 0 Å². The van der Waals surface area contributed by atoms with Gasteiger partial charge in [0.15, 0.2) is 0 Å². The van der Waals surface area contributed by atoms with E-state index < -0.39 is 0 Å². The van der Waals surface area contributed by atoms with Crippen LogP contribution < -0.4 is 10.2 Å². The van der Waals surface area contributed by atoms with Gasteiger partial charge in [0, 0.05) is 48.6 Å². The largest absolute Gasteiger partial charge is 0.337 e. The van der Waals surface area contributed by atoms with Crippen molar-refractivity contribution in [1.82, 2.24) is 35.7 Å². The molecule has 4 heterocycles. The number of nitrogens with zero attached hydrogens (tertiary/aromatic N) is 6. The van der Waals surface area contributed by atoms with E-state index in [1.165, 1.54) is 12.8 Å². The number of benzene rings is 1. The van der Waals surface area contributed by atoms with Gasteiger partial charge in [-0.3, -0.25) is 5.10 Å². The molecule has 4 aromatic rings. The summed E-state index contributed by atoms with van der Waals surface area (Å²) >= 11 is 1.61. The fourth-order valence-electron chi connectivity index (χ4n) is 4.09. The summed E-state index contributed by atoms with van der Waals surface area (Å²) in [4.78, 5) is 11.5. The second-order valence-electron chi connectivity index (χ2n) is 7.67. The highest BCUT2D eigenvalue weighted by molar-refractivity contribution is 7.17. The molecule has 2 fully saturated rings. The van der Waals surface area contributed by atoms with Crippen molar-refractivity contribution >= 4 is 27.5 Å². The van der Waals surface area contributed by atoms with Crippen molar-refractivity contribution in [3.05, 3.63) is 36.2 Å². The number of thiazole rings is 1. The van der Waals surface area contributed by atoms with E-state index in [0.29, 0.717) is 6.04 Å². The fraction of sp³-hybridized carbons (Fsp3) is 0.350. The zero-order chi connectivity index (χ0) is 19.2. The van der Waals surface area contributed by atoms with Crippen LogP contribution in [0.1, 0.15) is 12.8 Å². The van der Waals surface area contributed by atoms with Crippen molar-refractivity contribution in [3.63, 3.8) is 0 Å². The zero-order valence-electron chi connectivity index (χ0n) is 15.7. The van der Waals surface area contributed by atoms with E-state index in [0.717, 1.165) is 64.1 Å². The van der Waals surface area contributed by atoms with E-state index in [-0.39, 0.29) is 0 Å². The summed E-state index contributed by atoms with van der Waals surface area (Å²) in [6, 6.07) is 4.69. The van der Waals surface area contributed by atoms with Crippen LogP contribution in [0.4, 0.5) is 5.95 Å². The van der Waals surface area contributed by atoms with Gasteiger partial charge >= 0.3 is 0 Å². The third-order valence-corrected chi connectivity index (χ3v) is 6.66. The standard InChI is InChI=1S/C20H20N8S/c1-2-12(1)17-10-28(6-5-21-17)20-22-9-16(26-27-20)15-4-3-14(13-7-24-25-8-13)18-19(15)29-11-23-18/h3-4,7-9,11-12,17,21H,1-2,5-6,10H2,(H,24,25)/t17-/m0/s1. The van der Waals surface area contributed by atoms with E-state index in [4.69, 9.17) is 0 Å². The molecule has 0 unspecified atom stereocenters. The van der Waals surface area contributed by atoms with Crippen LogP contribution in [0.2, 0.25) is 0 Å². The average molecular weight is 405 g/mol. The summed E-state index contributed by atoms with van der Waals surface area (Å²) in [5.74, 6) is 1.54. The molecule has 1 atom stereocenters. The van der Waals surface area contributed by atoms with Crippen LogP contribution in [0.25, 0.3) is 32.6 Å². The van der Waals surface area contributed by atoms with E-state index >= 15 is 0 Å². The molecule has 2 N–H and O–H groups in total. The molecule has 2 aliphatic rings. The molecule has 1 saturated heterocycles. The highest BCUT2D eigenvalue weighted by Gasteiger charge is 2.34. The van der Waals surface area contributed by atoms with Gasteiger partial charge in [0.25, 0.3) is 0 Å². The van der Waals surface area contributed by atoms with E-state index in [1.54, 1.807) is 11.3 Å². The number of nitrogens with one attached hydrogen (secondary N) is 2. The predicted octanol–water partition coefficient (Wildman–Crippen LogP) is 2.73. The maximum absolute atomic E-state index is 4.65. The smallest absolute Gasteiger partial charge is 0.245 e. The maximum Gasteiger partial charge on any atom is 0.245 e. The lowest BCUT2D eigenvalue weighted by Gasteiger charge is -2.33. The molecular weight excluding hydrogens is 384 g/mol. The Balaban J connectivity index is 1.31. The first kappa shape index (κ1) is 17.0. The van der Waals surface area contributed by atoms with Crippen LogP contribution in [-0.2, 0) is 0 Å². The second-order valence-corrected chi connectivity index (χ2v) is 8.52. The Bertz CT molecular complexity index is 1130. The molecule has 1 saturated carbocycles. The molecule has 29 heavy (non-hydrogen) atoms. The second kappa shape index (κ2) is 6.85. The van der Waals surface area contributed by atoms with Gasteiger partial charge in [0.2, 0.25) is 5.95 Å². The van der Waals surface area contributed by atoms with E-state index in [2.05, 4.69) is 52.7 Å².